The number of alkyl carbamates (subject to hydrolysis) is 1. The monoisotopic (exact) mass is 557 g/mol. The van der Waals surface area contributed by atoms with Gasteiger partial charge in [-0.05, 0) is 41.8 Å². The second kappa shape index (κ2) is 12.1. The third kappa shape index (κ3) is 6.26. The second-order valence-electron chi connectivity index (χ2n) is 10.8. The topological polar surface area (TPSA) is 108 Å². The minimum Gasteiger partial charge on any atom is -0.479 e. The number of fused-ring (bicyclic) bond motifs is 3. The molecule has 0 spiro atoms. The number of amides is 2. The minimum atomic E-state index is -1.52. The molecule has 1 fully saturated rings. The maximum atomic E-state index is 13.7. The van der Waals surface area contributed by atoms with Crippen LogP contribution < -0.4 is 5.32 Å². The van der Waals surface area contributed by atoms with E-state index in [1.165, 1.54) is 11.8 Å². The summed E-state index contributed by atoms with van der Waals surface area (Å²) in [5.41, 5.74) is 3.99. The van der Waals surface area contributed by atoms with Crippen molar-refractivity contribution in [3.63, 3.8) is 0 Å². The van der Waals surface area contributed by atoms with E-state index >= 15 is 0 Å². The molecule has 2 atom stereocenters. The van der Waals surface area contributed by atoms with Crippen molar-refractivity contribution in [1.29, 1.82) is 0 Å². The molecular weight excluding hydrogens is 522 g/mol. The summed E-state index contributed by atoms with van der Waals surface area (Å²) < 4.78 is 11.2. The molecule has 1 heterocycles. The van der Waals surface area contributed by atoms with Crippen molar-refractivity contribution >= 4 is 18.0 Å². The number of carboxylic acids is 1. The van der Waals surface area contributed by atoms with Gasteiger partial charge in [0.05, 0.1) is 13.2 Å². The van der Waals surface area contributed by atoms with E-state index in [0.29, 0.717) is 6.54 Å². The van der Waals surface area contributed by atoms with Crippen LogP contribution in [0.4, 0.5) is 4.79 Å². The Morgan fingerprint density at radius 2 is 1.63 bits per heavy atom. The molecule has 41 heavy (non-hydrogen) atoms. The van der Waals surface area contributed by atoms with Crippen LogP contribution in [0.2, 0.25) is 0 Å². The van der Waals surface area contributed by atoms with Crippen LogP contribution in [0, 0.1) is 0 Å². The van der Waals surface area contributed by atoms with Gasteiger partial charge in [-0.3, -0.25) is 9.69 Å². The molecule has 0 aromatic heterocycles. The van der Waals surface area contributed by atoms with Crippen molar-refractivity contribution in [2.24, 2.45) is 0 Å². The Kier molecular flexibility index (Phi) is 8.37. The van der Waals surface area contributed by atoms with Crippen LogP contribution in [0.3, 0.4) is 0 Å². The van der Waals surface area contributed by atoms with Crippen LogP contribution in [0.1, 0.15) is 29.5 Å². The van der Waals surface area contributed by atoms with Gasteiger partial charge in [0.15, 0.2) is 5.60 Å². The summed E-state index contributed by atoms with van der Waals surface area (Å²) in [5.74, 6) is -1.63. The van der Waals surface area contributed by atoms with E-state index in [4.69, 9.17) is 9.47 Å². The molecule has 2 N–H and O–H groups in total. The van der Waals surface area contributed by atoms with Gasteiger partial charge in [-0.25, -0.2) is 9.59 Å². The zero-order valence-electron chi connectivity index (χ0n) is 23.3. The summed E-state index contributed by atoms with van der Waals surface area (Å²) in [7, 11) is 1.87. The highest BCUT2D eigenvalue weighted by molar-refractivity contribution is 5.87. The number of hydrogen-bond acceptors (Lipinski definition) is 6. The molecular formula is C32H35N3O6. The van der Waals surface area contributed by atoms with Crippen molar-refractivity contribution in [2.75, 3.05) is 39.9 Å². The van der Waals surface area contributed by atoms with Crippen molar-refractivity contribution in [2.45, 2.75) is 31.0 Å². The first-order valence-electron chi connectivity index (χ1n) is 13.8. The number of hydrogen-bond donors (Lipinski definition) is 2. The van der Waals surface area contributed by atoms with Gasteiger partial charge in [-0.15, -0.1) is 0 Å². The van der Waals surface area contributed by atoms with E-state index in [0.717, 1.165) is 27.8 Å². The lowest BCUT2D eigenvalue weighted by Crippen LogP contribution is -2.61. The molecule has 1 saturated heterocycles. The molecule has 5 rings (SSSR count). The van der Waals surface area contributed by atoms with Crippen molar-refractivity contribution in [3.8, 4) is 11.1 Å². The summed E-state index contributed by atoms with van der Waals surface area (Å²) in [6, 6.07) is 25.0. The summed E-state index contributed by atoms with van der Waals surface area (Å²) in [6.45, 7) is 2.54. The van der Waals surface area contributed by atoms with Gasteiger partial charge in [0.1, 0.15) is 12.6 Å². The van der Waals surface area contributed by atoms with Crippen LogP contribution in [0.15, 0.2) is 78.9 Å². The van der Waals surface area contributed by atoms with Gasteiger partial charge in [-0.1, -0.05) is 78.9 Å². The predicted molar refractivity (Wildman–Crippen MR) is 153 cm³/mol. The van der Waals surface area contributed by atoms with Gasteiger partial charge >= 0.3 is 12.1 Å². The number of rotatable bonds is 9. The lowest BCUT2D eigenvalue weighted by molar-refractivity contribution is -0.177. The number of carbonyl (C=O) groups is 3. The van der Waals surface area contributed by atoms with Crippen LogP contribution >= 0.6 is 0 Å². The average Bonchev–Trinajstić information content (AvgIpc) is 3.29. The van der Waals surface area contributed by atoms with Gasteiger partial charge in [0.2, 0.25) is 5.91 Å². The third-order valence-corrected chi connectivity index (χ3v) is 7.76. The standard InChI is InChI=1S/C32H35N3O6/c1-32(30(37)38)21-35(16-17-41-32)29(36)28(19-34(2)18-22-10-4-3-5-11-22)33-31(39)40-20-27-25-14-8-6-12-23(25)24-13-7-9-15-26(24)27/h3-15,27-28H,16-21H2,1-2H3,(H,33,39)(H,37,38). The van der Waals surface area contributed by atoms with Crippen LogP contribution in [-0.2, 0) is 25.6 Å². The third-order valence-electron chi connectivity index (χ3n) is 7.76. The number of carbonyl (C=O) groups excluding carboxylic acids is 2. The number of morpholine rings is 1. The lowest BCUT2D eigenvalue weighted by atomic mass is 9.98. The molecule has 0 saturated carbocycles. The SMILES string of the molecule is CN(Cc1ccccc1)CC(NC(=O)OCC1c2ccccc2-c2ccccc21)C(=O)N1CCOC(C)(C(=O)O)C1. The quantitative estimate of drug-likeness (QED) is 0.413. The summed E-state index contributed by atoms with van der Waals surface area (Å²) in [6.07, 6.45) is -0.701. The molecule has 2 aliphatic rings. The zero-order valence-corrected chi connectivity index (χ0v) is 23.3. The molecule has 3 aromatic rings. The first-order chi connectivity index (χ1) is 19.7. The Morgan fingerprint density at radius 3 is 2.27 bits per heavy atom. The van der Waals surface area contributed by atoms with Crippen molar-refractivity contribution in [1.82, 2.24) is 15.1 Å². The van der Waals surface area contributed by atoms with Crippen LogP contribution in [0.5, 0.6) is 0 Å². The molecule has 1 aliphatic carbocycles. The van der Waals surface area contributed by atoms with E-state index in [2.05, 4.69) is 17.4 Å². The number of aliphatic carboxylic acids is 1. The van der Waals surface area contributed by atoms with Crippen LogP contribution in [0.25, 0.3) is 11.1 Å². The molecule has 0 radical (unpaired) electrons. The Labute approximate surface area is 239 Å². The first kappa shape index (κ1) is 28.3. The molecule has 2 amide bonds. The molecule has 9 nitrogen and oxygen atoms in total. The molecule has 214 valence electrons. The van der Waals surface area contributed by atoms with Gasteiger partial charge < -0.3 is 24.8 Å². The maximum absolute atomic E-state index is 13.7. The lowest BCUT2D eigenvalue weighted by Gasteiger charge is -2.39. The van der Waals surface area contributed by atoms with E-state index in [-0.39, 0.29) is 44.7 Å². The number of carboxylic acid groups (broad SMARTS) is 1. The van der Waals surface area contributed by atoms with Crippen molar-refractivity contribution in [3.05, 3.63) is 95.6 Å². The first-order valence-corrected chi connectivity index (χ1v) is 13.8. The number of ether oxygens (including phenoxy) is 2. The number of nitrogens with one attached hydrogen (secondary N) is 1. The predicted octanol–water partition coefficient (Wildman–Crippen LogP) is 3.73. The normalized spacial score (nSPS) is 18.9. The van der Waals surface area contributed by atoms with E-state index in [1.807, 2.05) is 78.7 Å². The number of benzene rings is 3. The minimum absolute atomic E-state index is 0.0893. The smallest absolute Gasteiger partial charge is 0.407 e. The maximum Gasteiger partial charge on any atom is 0.407 e. The summed E-state index contributed by atoms with van der Waals surface area (Å²) in [4.78, 5) is 42.0. The summed E-state index contributed by atoms with van der Waals surface area (Å²) in [5, 5.41) is 12.4. The largest absolute Gasteiger partial charge is 0.479 e. The Balaban J connectivity index is 1.29. The Bertz CT molecular complexity index is 1370. The molecule has 0 bridgehead atoms. The van der Waals surface area contributed by atoms with E-state index in [9.17, 15) is 19.5 Å². The zero-order chi connectivity index (χ0) is 29.0. The van der Waals surface area contributed by atoms with Gasteiger partial charge in [-0.2, -0.15) is 0 Å². The highest BCUT2D eigenvalue weighted by atomic mass is 16.5. The Hall–Kier alpha value is -4.21. The van der Waals surface area contributed by atoms with Gasteiger partial charge in [0, 0.05) is 25.6 Å². The second-order valence-corrected chi connectivity index (χ2v) is 10.8. The Morgan fingerprint density at radius 1 is 1.02 bits per heavy atom. The summed E-state index contributed by atoms with van der Waals surface area (Å²) >= 11 is 0. The van der Waals surface area contributed by atoms with Gasteiger partial charge in [0.25, 0.3) is 0 Å². The fraction of sp³-hybridized carbons (Fsp3) is 0.344. The van der Waals surface area contributed by atoms with E-state index < -0.39 is 23.7 Å². The molecule has 9 heteroatoms. The van der Waals surface area contributed by atoms with Crippen LogP contribution in [-0.4, -0.2) is 84.4 Å². The number of nitrogens with zero attached hydrogens (tertiary/aromatic N) is 2. The average molecular weight is 558 g/mol. The number of likely N-dealkylation sites (N-methyl/N-ethyl adjacent to an activating group) is 1. The molecule has 2 unspecified atom stereocenters. The van der Waals surface area contributed by atoms with Crippen molar-refractivity contribution < 1.29 is 29.0 Å². The highest BCUT2D eigenvalue weighted by Gasteiger charge is 2.42. The highest BCUT2D eigenvalue weighted by Crippen LogP contribution is 2.44. The molecule has 1 aliphatic heterocycles. The fourth-order valence-electron chi connectivity index (χ4n) is 5.65. The fourth-order valence-corrected chi connectivity index (χ4v) is 5.65. The molecule has 3 aromatic carbocycles. The van der Waals surface area contributed by atoms with E-state index in [1.54, 1.807) is 0 Å².